The molecule has 0 saturated carbocycles. The van der Waals surface area contributed by atoms with E-state index in [0.717, 1.165) is 0 Å². The van der Waals surface area contributed by atoms with E-state index in [4.69, 9.17) is 11.6 Å². The number of hydrogen-bond acceptors (Lipinski definition) is 2. The van der Waals surface area contributed by atoms with Gasteiger partial charge in [-0.25, -0.2) is 4.39 Å². The molecule has 24 heavy (non-hydrogen) atoms. The first-order valence-corrected chi connectivity index (χ1v) is 7.47. The van der Waals surface area contributed by atoms with Crippen LogP contribution >= 0.6 is 11.6 Å². The summed E-state index contributed by atoms with van der Waals surface area (Å²) in [5, 5.41) is 9.17. The molecule has 1 heterocycles. The standard InChI is InChI=1S/C16H12ClF4N3/c17-12-10(9-4-2-1-3-5-9)8-11-14(13(12)18)23-24-15(11)22-7-6-16(19,20)21/h1-5,8H,6-7H2,(H2,22,23,24). The van der Waals surface area contributed by atoms with Crippen molar-refractivity contribution in [3.63, 3.8) is 0 Å². The number of H-pyrrole nitrogens is 1. The molecule has 0 bridgehead atoms. The van der Waals surface area contributed by atoms with Crippen molar-refractivity contribution in [2.75, 3.05) is 11.9 Å². The van der Waals surface area contributed by atoms with E-state index in [1.54, 1.807) is 30.3 Å². The molecule has 2 aromatic carbocycles. The molecule has 2 N–H and O–H groups in total. The van der Waals surface area contributed by atoms with Crippen LogP contribution in [-0.2, 0) is 0 Å². The zero-order valence-corrected chi connectivity index (χ0v) is 13.0. The minimum Gasteiger partial charge on any atom is -0.368 e. The number of rotatable bonds is 4. The van der Waals surface area contributed by atoms with E-state index in [2.05, 4.69) is 15.5 Å². The topological polar surface area (TPSA) is 40.7 Å². The van der Waals surface area contributed by atoms with Gasteiger partial charge in [-0.15, -0.1) is 0 Å². The van der Waals surface area contributed by atoms with Gasteiger partial charge < -0.3 is 5.32 Å². The number of nitrogens with one attached hydrogen (secondary N) is 2. The van der Waals surface area contributed by atoms with Crippen LogP contribution in [0.4, 0.5) is 23.4 Å². The zero-order valence-electron chi connectivity index (χ0n) is 12.2. The second kappa shape index (κ2) is 6.32. The van der Waals surface area contributed by atoms with E-state index in [0.29, 0.717) is 16.5 Å². The number of benzene rings is 2. The van der Waals surface area contributed by atoms with Crippen molar-refractivity contribution in [2.45, 2.75) is 12.6 Å². The third-order valence-corrected chi connectivity index (χ3v) is 3.90. The predicted octanol–water partition coefficient (Wildman–Crippen LogP) is 5.39. The summed E-state index contributed by atoms with van der Waals surface area (Å²) in [5.74, 6) is -0.536. The maximum absolute atomic E-state index is 14.5. The van der Waals surface area contributed by atoms with Gasteiger partial charge in [0.25, 0.3) is 0 Å². The van der Waals surface area contributed by atoms with Gasteiger partial charge in [0.05, 0.1) is 11.4 Å². The SMILES string of the molecule is Fc1c(Cl)c(-c2ccccc2)cc2c(NCCC(F)(F)F)n[nH]c12. The Morgan fingerprint density at radius 2 is 1.88 bits per heavy atom. The van der Waals surface area contributed by atoms with Crippen LogP contribution < -0.4 is 5.32 Å². The molecule has 0 radical (unpaired) electrons. The molecule has 0 fully saturated rings. The van der Waals surface area contributed by atoms with E-state index in [1.165, 1.54) is 0 Å². The lowest BCUT2D eigenvalue weighted by Crippen LogP contribution is -2.14. The van der Waals surface area contributed by atoms with Crippen molar-refractivity contribution in [1.29, 1.82) is 0 Å². The van der Waals surface area contributed by atoms with Gasteiger partial charge in [-0.2, -0.15) is 18.3 Å². The number of nitrogens with zero attached hydrogens (tertiary/aromatic N) is 1. The van der Waals surface area contributed by atoms with Crippen LogP contribution in [0.5, 0.6) is 0 Å². The van der Waals surface area contributed by atoms with Crippen molar-refractivity contribution >= 4 is 28.3 Å². The molecule has 8 heteroatoms. The van der Waals surface area contributed by atoms with E-state index >= 15 is 0 Å². The van der Waals surface area contributed by atoms with E-state index < -0.39 is 18.4 Å². The van der Waals surface area contributed by atoms with Crippen molar-refractivity contribution in [3.8, 4) is 11.1 Å². The summed E-state index contributed by atoms with van der Waals surface area (Å²) in [6.45, 7) is -0.353. The Labute approximate surface area is 139 Å². The smallest absolute Gasteiger partial charge is 0.368 e. The molecule has 0 aliphatic carbocycles. The number of alkyl halides is 3. The monoisotopic (exact) mass is 357 g/mol. The van der Waals surface area contributed by atoms with Crippen LogP contribution in [-0.4, -0.2) is 22.9 Å². The third kappa shape index (κ3) is 3.31. The highest BCUT2D eigenvalue weighted by molar-refractivity contribution is 6.34. The Kier molecular flexibility index (Phi) is 4.36. The van der Waals surface area contributed by atoms with Crippen molar-refractivity contribution in [1.82, 2.24) is 10.2 Å². The maximum atomic E-state index is 14.5. The molecule has 0 amide bonds. The molecule has 126 valence electrons. The second-order valence-corrected chi connectivity index (χ2v) is 5.58. The summed E-state index contributed by atoms with van der Waals surface area (Å²) in [5.41, 5.74) is 1.20. The minimum atomic E-state index is -4.27. The first-order chi connectivity index (χ1) is 11.4. The molecule has 0 atom stereocenters. The molecule has 0 spiro atoms. The lowest BCUT2D eigenvalue weighted by molar-refractivity contribution is -0.131. The van der Waals surface area contributed by atoms with Gasteiger partial charge in [-0.1, -0.05) is 41.9 Å². The Morgan fingerprint density at radius 3 is 2.54 bits per heavy atom. The fourth-order valence-electron chi connectivity index (χ4n) is 2.38. The van der Waals surface area contributed by atoms with Crippen LogP contribution in [0.1, 0.15) is 6.42 Å². The van der Waals surface area contributed by atoms with Crippen molar-refractivity contribution in [3.05, 3.63) is 47.2 Å². The molecule has 3 rings (SSSR count). The molecular weight excluding hydrogens is 346 g/mol. The summed E-state index contributed by atoms with van der Waals surface area (Å²) in [6.07, 6.45) is -5.29. The molecule has 3 nitrogen and oxygen atoms in total. The van der Waals surface area contributed by atoms with Crippen molar-refractivity contribution in [2.24, 2.45) is 0 Å². The van der Waals surface area contributed by atoms with Gasteiger partial charge in [-0.05, 0) is 11.6 Å². The van der Waals surface area contributed by atoms with Gasteiger partial charge >= 0.3 is 6.18 Å². The maximum Gasteiger partial charge on any atom is 0.390 e. The Balaban J connectivity index is 2.00. The summed E-state index contributed by atoms with van der Waals surface area (Å²) in [6, 6.07) is 10.5. The predicted molar refractivity (Wildman–Crippen MR) is 85.7 cm³/mol. The van der Waals surface area contributed by atoms with Crippen LogP contribution in [0.3, 0.4) is 0 Å². The van der Waals surface area contributed by atoms with E-state index in [1.807, 2.05) is 6.07 Å². The van der Waals surface area contributed by atoms with Crippen LogP contribution in [0, 0.1) is 5.82 Å². The highest BCUT2D eigenvalue weighted by atomic mass is 35.5. The molecule has 0 unspecified atom stereocenters. The number of fused-ring (bicyclic) bond motifs is 1. The summed E-state index contributed by atoms with van der Waals surface area (Å²) < 4.78 is 51.2. The van der Waals surface area contributed by atoms with Gasteiger partial charge in [-0.3, -0.25) is 5.10 Å². The van der Waals surface area contributed by atoms with Gasteiger partial charge in [0.2, 0.25) is 0 Å². The van der Waals surface area contributed by atoms with Gasteiger partial charge in [0.15, 0.2) is 11.6 Å². The Morgan fingerprint density at radius 1 is 1.17 bits per heavy atom. The lowest BCUT2D eigenvalue weighted by atomic mass is 10.0. The van der Waals surface area contributed by atoms with Gasteiger partial charge in [0.1, 0.15) is 5.52 Å². The average Bonchev–Trinajstić information content (AvgIpc) is 2.94. The van der Waals surface area contributed by atoms with Crippen LogP contribution in [0.2, 0.25) is 5.02 Å². The fraction of sp³-hybridized carbons (Fsp3) is 0.188. The molecule has 1 aromatic heterocycles. The normalized spacial score (nSPS) is 11.9. The van der Waals surface area contributed by atoms with Crippen molar-refractivity contribution < 1.29 is 17.6 Å². The fourth-order valence-corrected chi connectivity index (χ4v) is 2.64. The summed E-state index contributed by atoms with van der Waals surface area (Å²) in [7, 11) is 0. The first kappa shape index (κ1) is 16.6. The molecule has 0 aliphatic rings. The molecule has 0 saturated heterocycles. The largest absolute Gasteiger partial charge is 0.390 e. The average molecular weight is 358 g/mol. The third-order valence-electron chi connectivity index (χ3n) is 3.53. The van der Waals surface area contributed by atoms with E-state index in [-0.39, 0.29) is 22.9 Å². The first-order valence-electron chi connectivity index (χ1n) is 7.09. The Bertz CT molecular complexity index is 859. The summed E-state index contributed by atoms with van der Waals surface area (Å²) >= 11 is 6.09. The number of halogens is 5. The van der Waals surface area contributed by atoms with E-state index in [9.17, 15) is 17.6 Å². The Hall–Kier alpha value is -2.28. The lowest BCUT2D eigenvalue weighted by Gasteiger charge is -2.09. The quantitative estimate of drug-likeness (QED) is 0.615. The second-order valence-electron chi connectivity index (χ2n) is 5.20. The zero-order chi connectivity index (χ0) is 17.3. The number of anilines is 1. The minimum absolute atomic E-state index is 0.0502. The number of hydrogen-bond donors (Lipinski definition) is 2. The molecule has 3 aromatic rings. The molecule has 0 aliphatic heterocycles. The van der Waals surface area contributed by atoms with Crippen LogP contribution in [0.15, 0.2) is 36.4 Å². The highest BCUT2D eigenvalue weighted by Gasteiger charge is 2.26. The number of aromatic nitrogens is 2. The summed E-state index contributed by atoms with van der Waals surface area (Å²) in [4.78, 5) is 0. The highest BCUT2D eigenvalue weighted by Crippen LogP contribution is 2.36. The molecular formula is C16H12ClF4N3. The number of aromatic amines is 1. The van der Waals surface area contributed by atoms with Gasteiger partial charge in [0, 0.05) is 17.5 Å². The van der Waals surface area contributed by atoms with Crippen LogP contribution in [0.25, 0.3) is 22.0 Å².